The van der Waals surface area contributed by atoms with E-state index in [1.165, 1.54) is 51.4 Å². The van der Waals surface area contributed by atoms with Gasteiger partial charge in [-0.1, -0.05) is 36.4 Å². The summed E-state index contributed by atoms with van der Waals surface area (Å²) in [6, 6.07) is 17.8. The molecule has 2 aromatic heterocycles. The van der Waals surface area contributed by atoms with E-state index < -0.39 is 29.8 Å². The van der Waals surface area contributed by atoms with Crippen LogP contribution in [0.4, 0.5) is 14.5 Å². The number of halogens is 2. The molecule has 0 aliphatic heterocycles. The van der Waals surface area contributed by atoms with Crippen molar-refractivity contribution in [3.63, 3.8) is 0 Å². The van der Waals surface area contributed by atoms with Crippen molar-refractivity contribution in [3.05, 3.63) is 111 Å². The van der Waals surface area contributed by atoms with E-state index in [-0.39, 0.29) is 29.0 Å². The summed E-state index contributed by atoms with van der Waals surface area (Å²) in [5.74, 6) is -1.66. The fourth-order valence-electron chi connectivity index (χ4n) is 3.77. The van der Waals surface area contributed by atoms with Crippen LogP contribution in [0.5, 0.6) is 0 Å². The van der Waals surface area contributed by atoms with Gasteiger partial charge >= 0.3 is 5.69 Å². The number of para-hydroxylation sites is 2. The molecule has 5 aromatic rings. The molecule has 34 heavy (non-hydrogen) atoms. The number of hydrogen-bond donors (Lipinski definition) is 1. The fraction of sp³-hybridized carbons (Fsp3) is 0.0833. The van der Waals surface area contributed by atoms with Gasteiger partial charge in [-0.15, -0.1) is 5.10 Å². The van der Waals surface area contributed by atoms with Gasteiger partial charge in [-0.05, 0) is 42.0 Å². The highest BCUT2D eigenvalue weighted by atomic mass is 19.1. The van der Waals surface area contributed by atoms with Crippen molar-refractivity contribution in [2.24, 2.45) is 0 Å². The normalized spacial score (nSPS) is 11.2. The second-order valence-corrected chi connectivity index (χ2v) is 7.64. The number of amides is 1. The predicted octanol–water partition coefficient (Wildman–Crippen LogP) is 2.78. The van der Waals surface area contributed by atoms with Gasteiger partial charge in [-0.2, -0.15) is 0 Å². The number of rotatable bonds is 5. The number of nitrogens with zero attached hydrogens (tertiary/aromatic N) is 4. The molecule has 0 bridgehead atoms. The van der Waals surface area contributed by atoms with Gasteiger partial charge in [0.25, 0.3) is 5.56 Å². The number of carbonyl (C=O) groups is 1. The molecule has 0 aliphatic rings. The molecular weight excluding hydrogens is 444 g/mol. The molecule has 0 saturated heterocycles. The number of aromatic nitrogens is 4. The molecule has 0 fully saturated rings. The van der Waals surface area contributed by atoms with Crippen LogP contribution in [0.3, 0.4) is 0 Å². The quantitative estimate of drug-likeness (QED) is 0.436. The monoisotopic (exact) mass is 461 g/mol. The minimum absolute atomic E-state index is 0.0247. The lowest BCUT2D eigenvalue weighted by atomic mass is 10.2. The zero-order chi connectivity index (χ0) is 23.8. The summed E-state index contributed by atoms with van der Waals surface area (Å²) >= 11 is 0. The summed E-state index contributed by atoms with van der Waals surface area (Å²) < 4.78 is 30.7. The summed E-state index contributed by atoms with van der Waals surface area (Å²) in [6.45, 7) is -0.459. The Bertz CT molecular complexity index is 1670. The summed E-state index contributed by atoms with van der Waals surface area (Å²) in [6.07, 6.45) is 0. The molecular formula is C24H17F2N5O3. The highest BCUT2D eigenvalue weighted by Gasteiger charge is 2.19. The highest BCUT2D eigenvalue weighted by molar-refractivity contribution is 5.90. The second-order valence-electron chi connectivity index (χ2n) is 7.64. The van der Waals surface area contributed by atoms with Gasteiger partial charge in [-0.3, -0.25) is 14.2 Å². The molecule has 8 nitrogen and oxygen atoms in total. The first-order valence-electron chi connectivity index (χ1n) is 10.3. The second kappa shape index (κ2) is 8.39. The minimum atomic E-state index is -0.660. The Hall–Kier alpha value is -4.60. The van der Waals surface area contributed by atoms with Crippen LogP contribution >= 0.6 is 0 Å². The molecule has 0 atom stereocenters. The Labute approximate surface area is 190 Å². The topological polar surface area (TPSA) is 90.4 Å². The number of nitrogens with one attached hydrogen (secondary N) is 1. The largest absolute Gasteiger partial charge is 0.352 e. The average Bonchev–Trinajstić information content (AvgIpc) is 3.15. The van der Waals surface area contributed by atoms with Gasteiger partial charge < -0.3 is 5.32 Å². The van der Waals surface area contributed by atoms with Crippen LogP contribution in [0.1, 0.15) is 5.56 Å². The van der Waals surface area contributed by atoms with Crippen LogP contribution in [0.25, 0.3) is 16.7 Å². The third kappa shape index (κ3) is 3.75. The molecule has 10 heteroatoms. The Balaban J connectivity index is 1.62. The van der Waals surface area contributed by atoms with Crippen molar-refractivity contribution in [2.75, 3.05) is 5.32 Å². The first kappa shape index (κ1) is 21.3. The molecule has 3 aromatic carbocycles. The highest BCUT2D eigenvalue weighted by Crippen LogP contribution is 2.14. The lowest BCUT2D eigenvalue weighted by Gasteiger charge is -2.09. The SMILES string of the molecule is O=C(Cn1nc2n(Cc3ccc(F)cc3)c(=O)c3ccccc3n2c1=O)Nc1ccccc1F. The third-order valence-corrected chi connectivity index (χ3v) is 5.38. The molecule has 2 heterocycles. The fourth-order valence-corrected chi connectivity index (χ4v) is 3.77. The number of carbonyl (C=O) groups excluding carboxylic acids is 1. The van der Waals surface area contributed by atoms with E-state index in [2.05, 4.69) is 10.4 Å². The molecule has 0 unspecified atom stereocenters. The maximum atomic E-state index is 13.9. The molecule has 0 aliphatic carbocycles. The van der Waals surface area contributed by atoms with Crippen molar-refractivity contribution in [3.8, 4) is 0 Å². The Morgan fingerprint density at radius 1 is 0.912 bits per heavy atom. The Morgan fingerprint density at radius 3 is 2.38 bits per heavy atom. The van der Waals surface area contributed by atoms with Crippen molar-refractivity contribution < 1.29 is 13.6 Å². The summed E-state index contributed by atoms with van der Waals surface area (Å²) in [5, 5.41) is 6.94. The van der Waals surface area contributed by atoms with Crippen LogP contribution in [-0.2, 0) is 17.9 Å². The van der Waals surface area contributed by atoms with E-state index in [0.717, 1.165) is 4.68 Å². The molecule has 0 spiro atoms. The number of hydrogen-bond acceptors (Lipinski definition) is 4. The van der Waals surface area contributed by atoms with Crippen molar-refractivity contribution >= 4 is 28.3 Å². The van der Waals surface area contributed by atoms with Crippen LogP contribution in [0.15, 0.2) is 82.4 Å². The predicted molar refractivity (Wildman–Crippen MR) is 122 cm³/mol. The van der Waals surface area contributed by atoms with E-state index in [1.54, 1.807) is 30.3 Å². The van der Waals surface area contributed by atoms with Crippen molar-refractivity contribution in [2.45, 2.75) is 13.1 Å². The number of fused-ring (bicyclic) bond motifs is 3. The number of anilines is 1. The maximum absolute atomic E-state index is 13.9. The molecule has 0 saturated carbocycles. The van der Waals surface area contributed by atoms with Gasteiger partial charge in [-0.25, -0.2) is 22.7 Å². The molecule has 170 valence electrons. The number of benzene rings is 3. The molecule has 1 N–H and O–H groups in total. The smallest absolute Gasteiger partial charge is 0.322 e. The lowest BCUT2D eigenvalue weighted by molar-refractivity contribution is -0.117. The van der Waals surface area contributed by atoms with Crippen LogP contribution in [0.2, 0.25) is 0 Å². The molecule has 1 amide bonds. The summed E-state index contributed by atoms with van der Waals surface area (Å²) in [4.78, 5) is 39.0. The lowest BCUT2D eigenvalue weighted by Crippen LogP contribution is -2.29. The first-order chi connectivity index (χ1) is 16.4. The maximum Gasteiger partial charge on any atom is 0.352 e. The van der Waals surface area contributed by atoms with Crippen LogP contribution < -0.4 is 16.6 Å². The van der Waals surface area contributed by atoms with Gasteiger partial charge in [0, 0.05) is 0 Å². The van der Waals surface area contributed by atoms with Gasteiger partial charge in [0.15, 0.2) is 0 Å². The van der Waals surface area contributed by atoms with Gasteiger partial charge in [0.1, 0.15) is 18.2 Å². The standard InChI is InChI=1S/C24H17F2N5O3/c25-16-11-9-15(10-12-16)13-29-22(33)17-5-1-4-8-20(17)31-23(29)28-30(24(31)34)14-21(32)27-19-7-3-2-6-18(19)26/h1-12H,13-14H2,(H,27,32). The van der Waals surface area contributed by atoms with Crippen molar-refractivity contribution in [1.82, 2.24) is 18.7 Å². The molecule has 5 rings (SSSR count). The van der Waals surface area contributed by atoms with E-state index >= 15 is 0 Å². The summed E-state index contributed by atoms with van der Waals surface area (Å²) in [7, 11) is 0. The Morgan fingerprint density at radius 2 is 1.62 bits per heavy atom. The van der Waals surface area contributed by atoms with Gasteiger partial charge in [0.2, 0.25) is 11.7 Å². The van der Waals surface area contributed by atoms with E-state index in [4.69, 9.17) is 0 Å². The van der Waals surface area contributed by atoms with E-state index in [1.807, 2.05) is 0 Å². The summed E-state index contributed by atoms with van der Waals surface area (Å²) in [5.41, 5.74) is -0.0882. The molecule has 0 radical (unpaired) electrons. The first-order valence-corrected chi connectivity index (χ1v) is 10.3. The van der Waals surface area contributed by atoms with Crippen LogP contribution in [-0.4, -0.2) is 24.7 Å². The Kier molecular flexibility index (Phi) is 5.25. The van der Waals surface area contributed by atoms with E-state index in [9.17, 15) is 23.2 Å². The zero-order valence-electron chi connectivity index (χ0n) is 17.6. The van der Waals surface area contributed by atoms with E-state index in [0.29, 0.717) is 11.1 Å². The average molecular weight is 461 g/mol. The van der Waals surface area contributed by atoms with Crippen LogP contribution in [0, 0.1) is 11.6 Å². The zero-order valence-corrected chi connectivity index (χ0v) is 17.6. The van der Waals surface area contributed by atoms with Gasteiger partial charge in [0.05, 0.1) is 23.1 Å². The third-order valence-electron chi connectivity index (χ3n) is 5.38. The van der Waals surface area contributed by atoms with Crippen molar-refractivity contribution in [1.29, 1.82) is 0 Å². The minimum Gasteiger partial charge on any atom is -0.322 e.